The van der Waals surface area contributed by atoms with Gasteiger partial charge in [0.2, 0.25) is 0 Å². The minimum absolute atomic E-state index is 0.175. The van der Waals surface area contributed by atoms with Gasteiger partial charge in [-0.05, 0) is 61.5 Å². The number of nitrogens with one attached hydrogen (secondary N) is 1. The van der Waals surface area contributed by atoms with Crippen LogP contribution in [0.25, 0.3) is 0 Å². The third-order valence-corrected chi connectivity index (χ3v) is 6.06. The zero-order chi connectivity index (χ0) is 16.2. The summed E-state index contributed by atoms with van der Waals surface area (Å²) >= 11 is 0. The van der Waals surface area contributed by atoms with Gasteiger partial charge in [-0.2, -0.15) is 13.2 Å². The average Bonchev–Trinajstić information content (AvgIpc) is 3.18. The highest BCUT2D eigenvalue weighted by Gasteiger charge is 2.54. The van der Waals surface area contributed by atoms with Crippen molar-refractivity contribution in [2.75, 3.05) is 0 Å². The Morgan fingerprint density at radius 1 is 1.13 bits per heavy atom. The third-order valence-electron chi connectivity index (χ3n) is 6.06. The number of carbonyl (C=O) groups excluding carboxylic acids is 1. The first-order valence-electron chi connectivity index (χ1n) is 8.27. The number of amides is 1. The molecule has 3 nitrogen and oxygen atoms in total. The maximum Gasteiger partial charge on any atom is 0.433 e. The molecule has 1 aromatic rings. The predicted molar refractivity (Wildman–Crippen MR) is 77.5 cm³/mol. The molecule has 0 aliphatic heterocycles. The summed E-state index contributed by atoms with van der Waals surface area (Å²) in [6.45, 7) is 0. The number of nitrogens with zero attached hydrogens (tertiary/aromatic N) is 1. The molecule has 0 radical (unpaired) electrons. The number of hydrogen-bond donors (Lipinski definition) is 1. The van der Waals surface area contributed by atoms with Crippen LogP contribution < -0.4 is 5.32 Å². The molecular formula is C17H19F3N2O. The lowest BCUT2D eigenvalue weighted by Gasteiger charge is -2.32. The Bertz CT molecular complexity index is 613. The summed E-state index contributed by atoms with van der Waals surface area (Å²) < 4.78 is 37.5. The fourth-order valence-electron chi connectivity index (χ4n) is 5.18. The molecule has 124 valence electrons. The summed E-state index contributed by atoms with van der Waals surface area (Å²) in [7, 11) is 0. The van der Waals surface area contributed by atoms with Gasteiger partial charge in [-0.1, -0.05) is 6.42 Å². The smallest absolute Gasteiger partial charge is 0.349 e. The number of fused-ring (bicyclic) bond motifs is 5. The molecule has 0 spiro atoms. The number of carbonyl (C=O) groups is 1. The van der Waals surface area contributed by atoms with Crippen molar-refractivity contribution in [1.29, 1.82) is 0 Å². The molecule has 5 atom stereocenters. The number of aromatic nitrogens is 1. The normalized spacial score (nSPS) is 35.3. The fraction of sp³-hybridized carbons (Fsp3) is 0.647. The van der Waals surface area contributed by atoms with Crippen LogP contribution in [0.3, 0.4) is 0 Å². The number of halogens is 3. The van der Waals surface area contributed by atoms with Crippen LogP contribution in [0.15, 0.2) is 18.3 Å². The lowest BCUT2D eigenvalue weighted by atomic mass is 9.79. The molecule has 3 fully saturated rings. The first-order chi connectivity index (χ1) is 10.9. The van der Waals surface area contributed by atoms with Crippen molar-refractivity contribution >= 4 is 5.91 Å². The molecular weight excluding hydrogens is 305 g/mol. The summed E-state index contributed by atoms with van der Waals surface area (Å²) in [6, 6.07) is 2.24. The number of pyridine rings is 1. The van der Waals surface area contributed by atoms with Crippen LogP contribution in [-0.4, -0.2) is 16.9 Å². The zero-order valence-corrected chi connectivity index (χ0v) is 12.6. The van der Waals surface area contributed by atoms with E-state index < -0.39 is 11.9 Å². The summed E-state index contributed by atoms with van der Waals surface area (Å²) in [5.41, 5.74) is -0.772. The molecule has 0 unspecified atom stereocenters. The number of alkyl halides is 3. The lowest BCUT2D eigenvalue weighted by molar-refractivity contribution is -0.141. The van der Waals surface area contributed by atoms with Gasteiger partial charge in [-0.3, -0.25) is 9.78 Å². The molecule has 3 saturated carbocycles. The highest BCUT2D eigenvalue weighted by Crippen LogP contribution is 2.58. The maximum absolute atomic E-state index is 12.5. The van der Waals surface area contributed by atoms with Gasteiger partial charge in [-0.15, -0.1) is 0 Å². The Balaban J connectivity index is 1.43. The SMILES string of the molecule is O=C(N[C@@H]1C[C@H]2C[C@H]1[C@H]1CCC[C@H]21)c1ccc(C(F)(F)F)nc1. The van der Waals surface area contributed by atoms with Gasteiger partial charge in [0.15, 0.2) is 0 Å². The summed E-state index contributed by atoms with van der Waals surface area (Å²) in [6.07, 6.45) is 2.65. The van der Waals surface area contributed by atoms with Crippen LogP contribution >= 0.6 is 0 Å². The minimum atomic E-state index is -4.48. The van der Waals surface area contributed by atoms with Crippen LogP contribution in [0, 0.1) is 23.7 Å². The molecule has 3 aliphatic rings. The molecule has 1 N–H and O–H groups in total. The Kier molecular flexibility index (Phi) is 3.39. The number of rotatable bonds is 2. The van der Waals surface area contributed by atoms with Gasteiger partial charge in [0.25, 0.3) is 5.91 Å². The number of hydrogen-bond acceptors (Lipinski definition) is 2. The van der Waals surface area contributed by atoms with Crippen molar-refractivity contribution in [3.8, 4) is 0 Å². The lowest BCUT2D eigenvalue weighted by Crippen LogP contribution is -2.42. The van der Waals surface area contributed by atoms with Gasteiger partial charge in [-0.25, -0.2) is 0 Å². The molecule has 1 heterocycles. The van der Waals surface area contributed by atoms with Gasteiger partial charge in [0.05, 0.1) is 5.56 Å². The quantitative estimate of drug-likeness (QED) is 0.902. The van der Waals surface area contributed by atoms with Crippen molar-refractivity contribution in [2.45, 2.75) is 44.3 Å². The van der Waals surface area contributed by atoms with Gasteiger partial charge >= 0.3 is 6.18 Å². The van der Waals surface area contributed by atoms with E-state index in [9.17, 15) is 18.0 Å². The molecule has 0 aromatic carbocycles. The average molecular weight is 324 g/mol. The molecule has 23 heavy (non-hydrogen) atoms. The van der Waals surface area contributed by atoms with E-state index in [1.165, 1.54) is 31.7 Å². The third kappa shape index (κ3) is 2.52. The van der Waals surface area contributed by atoms with Gasteiger partial charge in [0, 0.05) is 12.2 Å². The molecule has 3 aliphatic carbocycles. The Labute approximate surface area is 132 Å². The first kappa shape index (κ1) is 15.0. The van der Waals surface area contributed by atoms with Crippen LogP contribution in [0.5, 0.6) is 0 Å². The Morgan fingerprint density at radius 2 is 1.91 bits per heavy atom. The van der Waals surface area contributed by atoms with Crippen molar-refractivity contribution < 1.29 is 18.0 Å². The first-order valence-corrected chi connectivity index (χ1v) is 8.27. The highest BCUT2D eigenvalue weighted by molar-refractivity contribution is 5.94. The van der Waals surface area contributed by atoms with E-state index >= 15 is 0 Å². The molecule has 4 rings (SSSR count). The second-order valence-electron chi connectivity index (χ2n) is 7.16. The fourth-order valence-corrected chi connectivity index (χ4v) is 5.18. The van der Waals surface area contributed by atoms with Crippen LogP contribution in [0.1, 0.15) is 48.2 Å². The topological polar surface area (TPSA) is 42.0 Å². The maximum atomic E-state index is 12.5. The van der Waals surface area contributed by atoms with Crippen LogP contribution in [-0.2, 0) is 6.18 Å². The second kappa shape index (κ2) is 5.21. The van der Waals surface area contributed by atoms with E-state index in [1.807, 2.05) is 0 Å². The van der Waals surface area contributed by atoms with E-state index in [0.717, 1.165) is 36.4 Å². The molecule has 6 heteroatoms. The summed E-state index contributed by atoms with van der Waals surface area (Å²) in [4.78, 5) is 15.7. The largest absolute Gasteiger partial charge is 0.433 e. The predicted octanol–water partition coefficient (Wildman–Crippen LogP) is 3.65. The van der Waals surface area contributed by atoms with Gasteiger partial charge in [0.1, 0.15) is 5.69 Å². The van der Waals surface area contributed by atoms with Gasteiger partial charge < -0.3 is 5.32 Å². The zero-order valence-electron chi connectivity index (χ0n) is 12.6. The van der Waals surface area contributed by atoms with E-state index in [0.29, 0.717) is 5.92 Å². The van der Waals surface area contributed by atoms with E-state index in [2.05, 4.69) is 10.3 Å². The minimum Gasteiger partial charge on any atom is -0.349 e. The van der Waals surface area contributed by atoms with Crippen molar-refractivity contribution in [2.24, 2.45) is 23.7 Å². The summed E-state index contributed by atoms with van der Waals surface area (Å²) in [5.74, 6) is 2.56. The van der Waals surface area contributed by atoms with Crippen molar-refractivity contribution in [1.82, 2.24) is 10.3 Å². The monoisotopic (exact) mass is 324 g/mol. The Morgan fingerprint density at radius 3 is 2.61 bits per heavy atom. The van der Waals surface area contributed by atoms with Crippen molar-refractivity contribution in [3.05, 3.63) is 29.6 Å². The Hall–Kier alpha value is -1.59. The molecule has 1 amide bonds. The molecule has 1 aromatic heterocycles. The van der Waals surface area contributed by atoms with E-state index in [4.69, 9.17) is 0 Å². The standard InChI is InChI=1S/C17H19F3N2O/c18-17(19,20)15-5-4-9(8-21-15)16(23)22-14-7-10-6-13(14)12-3-1-2-11(10)12/h4-5,8,10-14H,1-3,6-7H2,(H,22,23)/t10-,11-,12+,13+,14-/m1/s1. The van der Waals surface area contributed by atoms with Crippen LogP contribution in [0.4, 0.5) is 13.2 Å². The highest BCUT2D eigenvalue weighted by atomic mass is 19.4. The summed E-state index contributed by atoms with van der Waals surface area (Å²) in [5, 5.41) is 3.04. The van der Waals surface area contributed by atoms with Crippen molar-refractivity contribution in [3.63, 3.8) is 0 Å². The molecule has 2 bridgehead atoms. The van der Waals surface area contributed by atoms with Crippen LogP contribution in [0.2, 0.25) is 0 Å². The van der Waals surface area contributed by atoms with E-state index in [1.54, 1.807) is 0 Å². The van der Waals surface area contributed by atoms with E-state index in [-0.39, 0.29) is 17.5 Å². The molecule has 0 saturated heterocycles. The second-order valence-corrected chi connectivity index (χ2v) is 7.16.